The quantitative estimate of drug-likeness (QED) is 0.551. The molecule has 0 spiro atoms. The number of hydrogen-bond donors (Lipinski definition) is 1. The van der Waals surface area contributed by atoms with Gasteiger partial charge < -0.3 is 5.11 Å². The lowest BCUT2D eigenvalue weighted by atomic mass is 9.75. The predicted octanol–water partition coefficient (Wildman–Crippen LogP) is 2.89. The van der Waals surface area contributed by atoms with E-state index < -0.39 is 5.60 Å². The number of aliphatic hydroxyl groups is 1. The zero-order valence-electron chi connectivity index (χ0n) is 8.65. The predicted molar refractivity (Wildman–Crippen MR) is 52.0 cm³/mol. The summed E-state index contributed by atoms with van der Waals surface area (Å²) in [5.41, 5.74) is 1.17. The van der Waals surface area contributed by atoms with Crippen molar-refractivity contribution in [2.45, 2.75) is 52.6 Å². The zero-order chi connectivity index (χ0) is 9.41. The average molecular weight is 168 g/mol. The maximum Gasteiger partial charge on any atom is 0.0659 e. The minimum atomic E-state index is -0.461. The highest BCUT2D eigenvalue weighted by Gasteiger charge is 2.29. The summed E-state index contributed by atoms with van der Waals surface area (Å²) < 4.78 is 0. The third-order valence-corrected chi connectivity index (χ3v) is 2.61. The lowest BCUT2D eigenvalue weighted by Crippen LogP contribution is -2.30. The van der Waals surface area contributed by atoms with Gasteiger partial charge in [0.1, 0.15) is 0 Å². The van der Waals surface area contributed by atoms with Crippen LogP contribution in [0.4, 0.5) is 0 Å². The van der Waals surface area contributed by atoms with E-state index in [1.165, 1.54) is 5.57 Å². The van der Waals surface area contributed by atoms with Crippen LogP contribution in [0.5, 0.6) is 0 Å². The molecule has 1 nitrogen and oxygen atoms in total. The van der Waals surface area contributed by atoms with Crippen LogP contribution in [0.2, 0.25) is 0 Å². The molecule has 0 amide bonds. The molecule has 1 rings (SSSR count). The summed E-state index contributed by atoms with van der Waals surface area (Å²) in [5.74, 6) is 0. The van der Waals surface area contributed by atoms with E-state index in [2.05, 4.69) is 26.8 Å². The van der Waals surface area contributed by atoms with E-state index in [4.69, 9.17) is 0 Å². The van der Waals surface area contributed by atoms with Gasteiger partial charge in [-0.2, -0.15) is 0 Å². The number of allylic oxidation sites excluding steroid dienone is 1. The molecule has 1 unspecified atom stereocenters. The van der Waals surface area contributed by atoms with Gasteiger partial charge in [0.2, 0.25) is 0 Å². The molecule has 1 aliphatic rings. The van der Waals surface area contributed by atoms with Gasteiger partial charge in [-0.1, -0.05) is 32.4 Å². The fourth-order valence-corrected chi connectivity index (χ4v) is 1.70. The molecule has 0 aromatic carbocycles. The second-order valence-electron chi connectivity index (χ2n) is 5.19. The van der Waals surface area contributed by atoms with Crippen LogP contribution in [-0.2, 0) is 0 Å². The Kier molecular flexibility index (Phi) is 2.35. The molecule has 12 heavy (non-hydrogen) atoms. The molecule has 70 valence electrons. The van der Waals surface area contributed by atoms with Crippen molar-refractivity contribution in [2.24, 2.45) is 5.41 Å². The average Bonchev–Trinajstić information content (AvgIpc) is 1.83. The monoisotopic (exact) mass is 168 g/mol. The van der Waals surface area contributed by atoms with E-state index in [-0.39, 0.29) is 5.41 Å². The molecule has 0 fully saturated rings. The van der Waals surface area contributed by atoms with E-state index in [0.717, 1.165) is 19.3 Å². The van der Waals surface area contributed by atoms with Gasteiger partial charge in [-0.25, -0.2) is 0 Å². The normalized spacial score (nSPS) is 31.6. The Morgan fingerprint density at radius 1 is 1.42 bits per heavy atom. The Balaban J connectivity index is 2.75. The largest absolute Gasteiger partial charge is 0.390 e. The first-order valence-corrected chi connectivity index (χ1v) is 4.73. The zero-order valence-corrected chi connectivity index (χ0v) is 8.65. The standard InChI is InChI=1S/C11H20O/c1-10(2,3)9-6-5-7-11(4,12)8-9/h6,12H,5,7-8H2,1-4H3. The van der Waals surface area contributed by atoms with Crippen molar-refractivity contribution in [3.8, 4) is 0 Å². The lowest BCUT2D eigenvalue weighted by molar-refractivity contribution is 0.0424. The van der Waals surface area contributed by atoms with Crippen molar-refractivity contribution in [2.75, 3.05) is 0 Å². The van der Waals surface area contributed by atoms with Gasteiger partial charge in [-0.3, -0.25) is 0 Å². The second-order valence-corrected chi connectivity index (χ2v) is 5.19. The fourth-order valence-electron chi connectivity index (χ4n) is 1.70. The van der Waals surface area contributed by atoms with Gasteiger partial charge in [-0.15, -0.1) is 0 Å². The molecule has 0 aliphatic heterocycles. The smallest absolute Gasteiger partial charge is 0.0659 e. The Hall–Kier alpha value is -0.300. The van der Waals surface area contributed by atoms with Crippen LogP contribution in [0.25, 0.3) is 0 Å². The fraction of sp³-hybridized carbons (Fsp3) is 0.818. The Labute approximate surface area is 75.5 Å². The Morgan fingerprint density at radius 2 is 2.00 bits per heavy atom. The van der Waals surface area contributed by atoms with Crippen molar-refractivity contribution in [3.63, 3.8) is 0 Å². The van der Waals surface area contributed by atoms with Crippen molar-refractivity contribution < 1.29 is 5.11 Å². The molecule has 1 N–H and O–H groups in total. The van der Waals surface area contributed by atoms with E-state index >= 15 is 0 Å². The van der Waals surface area contributed by atoms with Gasteiger partial charge >= 0.3 is 0 Å². The molecule has 0 bridgehead atoms. The topological polar surface area (TPSA) is 20.2 Å². The first-order valence-electron chi connectivity index (χ1n) is 4.73. The molecule has 0 heterocycles. The van der Waals surface area contributed by atoms with E-state index in [1.54, 1.807) is 0 Å². The Bertz CT molecular complexity index is 194. The Morgan fingerprint density at radius 3 is 2.33 bits per heavy atom. The number of hydrogen-bond acceptors (Lipinski definition) is 1. The van der Waals surface area contributed by atoms with Crippen LogP contribution < -0.4 is 0 Å². The van der Waals surface area contributed by atoms with Crippen LogP contribution in [0.15, 0.2) is 11.6 Å². The van der Waals surface area contributed by atoms with E-state index in [1.807, 2.05) is 6.92 Å². The molecule has 0 saturated carbocycles. The van der Waals surface area contributed by atoms with Crippen LogP contribution >= 0.6 is 0 Å². The van der Waals surface area contributed by atoms with Crippen LogP contribution in [-0.4, -0.2) is 10.7 Å². The molecular weight excluding hydrogens is 148 g/mol. The van der Waals surface area contributed by atoms with E-state index in [9.17, 15) is 5.11 Å². The molecule has 0 saturated heterocycles. The van der Waals surface area contributed by atoms with Gasteiger partial charge in [0, 0.05) is 0 Å². The highest BCUT2D eigenvalue weighted by molar-refractivity contribution is 5.16. The summed E-state index contributed by atoms with van der Waals surface area (Å²) in [5, 5.41) is 9.87. The van der Waals surface area contributed by atoms with Gasteiger partial charge in [0.15, 0.2) is 0 Å². The van der Waals surface area contributed by atoms with Crippen molar-refractivity contribution in [1.82, 2.24) is 0 Å². The summed E-state index contributed by atoms with van der Waals surface area (Å²) in [6.07, 6.45) is 5.07. The first kappa shape index (κ1) is 9.79. The van der Waals surface area contributed by atoms with Gasteiger partial charge in [0.25, 0.3) is 0 Å². The number of rotatable bonds is 0. The van der Waals surface area contributed by atoms with Crippen molar-refractivity contribution in [3.05, 3.63) is 11.6 Å². The summed E-state index contributed by atoms with van der Waals surface area (Å²) in [6.45, 7) is 8.56. The summed E-state index contributed by atoms with van der Waals surface area (Å²) in [6, 6.07) is 0. The third kappa shape index (κ3) is 2.34. The molecule has 0 radical (unpaired) electrons. The first-order chi connectivity index (χ1) is 5.31. The molecule has 1 aliphatic carbocycles. The van der Waals surface area contributed by atoms with Gasteiger partial charge in [-0.05, 0) is 31.6 Å². The molecule has 1 atom stereocenters. The van der Waals surface area contributed by atoms with Crippen molar-refractivity contribution >= 4 is 0 Å². The summed E-state index contributed by atoms with van der Waals surface area (Å²) in [7, 11) is 0. The summed E-state index contributed by atoms with van der Waals surface area (Å²) in [4.78, 5) is 0. The van der Waals surface area contributed by atoms with Crippen LogP contribution in [0, 0.1) is 5.41 Å². The third-order valence-electron chi connectivity index (χ3n) is 2.61. The van der Waals surface area contributed by atoms with Crippen LogP contribution in [0.3, 0.4) is 0 Å². The second kappa shape index (κ2) is 2.88. The summed E-state index contributed by atoms with van der Waals surface area (Å²) >= 11 is 0. The van der Waals surface area contributed by atoms with Crippen molar-refractivity contribution in [1.29, 1.82) is 0 Å². The maximum absolute atomic E-state index is 9.87. The highest BCUT2D eigenvalue weighted by Crippen LogP contribution is 2.37. The SMILES string of the molecule is CC1(O)CCC=C(C(C)(C)C)C1. The molecular formula is C11H20O. The minimum absolute atomic E-state index is 0.227. The molecule has 0 aromatic rings. The maximum atomic E-state index is 9.87. The van der Waals surface area contributed by atoms with E-state index in [0.29, 0.717) is 0 Å². The van der Waals surface area contributed by atoms with Crippen LogP contribution in [0.1, 0.15) is 47.0 Å². The molecule has 0 aromatic heterocycles. The lowest BCUT2D eigenvalue weighted by Gasteiger charge is -2.34. The molecule has 1 heteroatoms. The minimum Gasteiger partial charge on any atom is -0.390 e. The van der Waals surface area contributed by atoms with Gasteiger partial charge in [0.05, 0.1) is 5.60 Å². The highest BCUT2D eigenvalue weighted by atomic mass is 16.3.